The van der Waals surface area contributed by atoms with E-state index in [1.807, 2.05) is 6.92 Å². The summed E-state index contributed by atoms with van der Waals surface area (Å²) >= 11 is 1.38. The van der Waals surface area contributed by atoms with Crippen molar-refractivity contribution in [1.29, 1.82) is 0 Å². The van der Waals surface area contributed by atoms with Gasteiger partial charge in [-0.3, -0.25) is 4.57 Å². The number of nitrogens with two attached hydrogens (primary N) is 1. The summed E-state index contributed by atoms with van der Waals surface area (Å²) in [5, 5.41) is 6.98. The van der Waals surface area contributed by atoms with Gasteiger partial charge in [0.05, 0.1) is 0 Å². The molecule has 2 aromatic rings. The van der Waals surface area contributed by atoms with Crippen LogP contribution >= 0.6 is 11.8 Å². The van der Waals surface area contributed by atoms with Gasteiger partial charge in [0.15, 0.2) is 5.16 Å². The van der Waals surface area contributed by atoms with Crippen molar-refractivity contribution in [3.63, 3.8) is 0 Å². The van der Waals surface area contributed by atoms with Crippen LogP contribution < -0.4 is 11.4 Å². The molecular weight excluding hydrogens is 267 g/mol. The Kier molecular flexibility index (Phi) is 4.26. The van der Waals surface area contributed by atoms with Crippen molar-refractivity contribution in [2.24, 2.45) is 0 Å². The molecular formula is C12H15FN4OS. The van der Waals surface area contributed by atoms with Gasteiger partial charge in [-0.05, 0) is 30.2 Å². The molecule has 0 atom stereocenters. The Morgan fingerprint density at radius 3 is 2.95 bits per heavy atom. The highest BCUT2D eigenvalue weighted by atomic mass is 32.2. The summed E-state index contributed by atoms with van der Waals surface area (Å²) in [6.45, 7) is 2.60. The molecule has 0 bridgehead atoms. The van der Waals surface area contributed by atoms with Crippen molar-refractivity contribution in [3.05, 3.63) is 40.1 Å². The van der Waals surface area contributed by atoms with Crippen LogP contribution in [0.1, 0.15) is 18.9 Å². The molecule has 0 saturated carbocycles. The van der Waals surface area contributed by atoms with Gasteiger partial charge in [-0.2, -0.15) is 0 Å². The van der Waals surface area contributed by atoms with Crippen LogP contribution in [0.3, 0.4) is 0 Å². The zero-order chi connectivity index (χ0) is 13.8. The molecule has 19 heavy (non-hydrogen) atoms. The Labute approximate surface area is 114 Å². The van der Waals surface area contributed by atoms with E-state index >= 15 is 0 Å². The Bertz CT molecular complexity index is 602. The molecule has 0 aliphatic rings. The third kappa shape index (κ3) is 3.37. The number of aromatic amines is 1. The highest BCUT2D eigenvalue weighted by molar-refractivity contribution is 7.98. The van der Waals surface area contributed by atoms with Crippen LogP contribution in [0.2, 0.25) is 0 Å². The number of thioether (sulfide) groups is 1. The lowest BCUT2D eigenvalue weighted by molar-refractivity contribution is 0.603. The van der Waals surface area contributed by atoms with Crippen molar-refractivity contribution in [2.45, 2.75) is 30.8 Å². The first kappa shape index (κ1) is 13.7. The zero-order valence-corrected chi connectivity index (χ0v) is 11.3. The molecule has 0 saturated heterocycles. The summed E-state index contributed by atoms with van der Waals surface area (Å²) < 4.78 is 14.8. The second-order valence-electron chi connectivity index (χ2n) is 4.14. The topological polar surface area (TPSA) is 76.7 Å². The van der Waals surface area contributed by atoms with Gasteiger partial charge in [0.25, 0.3) is 0 Å². The Balaban J connectivity index is 2.12. The SMILES string of the molecule is CCCn1c(SCc2cc(N)cc(F)c2)n[nH]c1=O. The first-order valence-electron chi connectivity index (χ1n) is 5.93. The molecule has 1 heterocycles. The number of anilines is 1. The summed E-state index contributed by atoms with van der Waals surface area (Å²) in [4.78, 5) is 11.5. The van der Waals surface area contributed by atoms with Crippen molar-refractivity contribution >= 4 is 17.4 Å². The van der Waals surface area contributed by atoms with E-state index in [0.717, 1.165) is 12.0 Å². The van der Waals surface area contributed by atoms with Gasteiger partial charge in [0.1, 0.15) is 5.82 Å². The number of rotatable bonds is 5. The molecule has 0 fully saturated rings. The highest BCUT2D eigenvalue weighted by Crippen LogP contribution is 2.21. The lowest BCUT2D eigenvalue weighted by Gasteiger charge is -2.05. The monoisotopic (exact) mass is 282 g/mol. The number of halogens is 1. The maximum Gasteiger partial charge on any atom is 0.343 e. The average molecular weight is 282 g/mol. The molecule has 102 valence electrons. The number of aromatic nitrogens is 3. The van der Waals surface area contributed by atoms with E-state index in [0.29, 0.717) is 23.1 Å². The third-order valence-corrected chi connectivity index (χ3v) is 3.57. The van der Waals surface area contributed by atoms with Crippen LogP contribution in [0.4, 0.5) is 10.1 Å². The minimum absolute atomic E-state index is 0.219. The largest absolute Gasteiger partial charge is 0.399 e. The number of nitrogens with zero attached hydrogens (tertiary/aromatic N) is 2. The van der Waals surface area contributed by atoms with Crippen molar-refractivity contribution in [3.8, 4) is 0 Å². The van der Waals surface area contributed by atoms with Gasteiger partial charge in [-0.15, -0.1) is 5.10 Å². The number of hydrogen-bond acceptors (Lipinski definition) is 4. The van der Waals surface area contributed by atoms with E-state index in [1.165, 1.54) is 23.9 Å². The predicted octanol–water partition coefficient (Wildman–Crippen LogP) is 1.99. The third-order valence-electron chi connectivity index (χ3n) is 2.52. The first-order valence-corrected chi connectivity index (χ1v) is 6.91. The molecule has 5 nitrogen and oxygen atoms in total. The Morgan fingerprint density at radius 1 is 1.47 bits per heavy atom. The van der Waals surface area contributed by atoms with Crippen LogP contribution in [0, 0.1) is 5.82 Å². The van der Waals surface area contributed by atoms with Crippen LogP contribution in [0.25, 0.3) is 0 Å². The molecule has 0 amide bonds. The quantitative estimate of drug-likeness (QED) is 0.649. The predicted molar refractivity (Wildman–Crippen MR) is 73.5 cm³/mol. The minimum Gasteiger partial charge on any atom is -0.399 e. The second kappa shape index (κ2) is 5.92. The van der Waals surface area contributed by atoms with E-state index in [9.17, 15) is 9.18 Å². The van der Waals surface area contributed by atoms with E-state index in [1.54, 1.807) is 10.6 Å². The normalized spacial score (nSPS) is 10.8. The Hall–Kier alpha value is -1.76. The summed E-state index contributed by atoms with van der Waals surface area (Å²) in [7, 11) is 0. The van der Waals surface area contributed by atoms with Crippen LogP contribution in [-0.2, 0) is 12.3 Å². The summed E-state index contributed by atoms with van der Waals surface area (Å²) in [5.41, 5.74) is 6.52. The fourth-order valence-electron chi connectivity index (χ4n) is 1.74. The van der Waals surface area contributed by atoms with Crippen molar-refractivity contribution in [1.82, 2.24) is 14.8 Å². The lowest BCUT2D eigenvalue weighted by Crippen LogP contribution is -2.17. The van der Waals surface area contributed by atoms with Crippen LogP contribution in [0.15, 0.2) is 28.2 Å². The maximum atomic E-state index is 13.2. The fourth-order valence-corrected chi connectivity index (χ4v) is 2.64. The lowest BCUT2D eigenvalue weighted by atomic mass is 10.2. The zero-order valence-electron chi connectivity index (χ0n) is 10.5. The Morgan fingerprint density at radius 2 is 2.26 bits per heavy atom. The van der Waals surface area contributed by atoms with Crippen LogP contribution in [-0.4, -0.2) is 14.8 Å². The van der Waals surface area contributed by atoms with Crippen LogP contribution in [0.5, 0.6) is 0 Å². The molecule has 0 unspecified atom stereocenters. The number of nitrogen functional groups attached to an aromatic ring is 1. The van der Waals surface area contributed by atoms with Gasteiger partial charge in [-0.1, -0.05) is 18.7 Å². The molecule has 2 rings (SSSR count). The van der Waals surface area contributed by atoms with Gasteiger partial charge in [-0.25, -0.2) is 14.3 Å². The number of nitrogens with one attached hydrogen (secondary N) is 1. The standard InChI is InChI=1S/C12H15FN4OS/c1-2-3-17-11(18)15-16-12(17)19-7-8-4-9(13)6-10(14)5-8/h4-6H,2-3,7,14H2,1H3,(H,15,18). The molecule has 0 aliphatic carbocycles. The van der Waals surface area contributed by atoms with E-state index < -0.39 is 0 Å². The summed E-state index contributed by atoms with van der Waals surface area (Å²) in [5.74, 6) is 0.152. The molecule has 7 heteroatoms. The van der Waals surface area contributed by atoms with Crippen molar-refractivity contribution < 1.29 is 4.39 Å². The summed E-state index contributed by atoms with van der Waals surface area (Å²) in [6, 6.07) is 4.42. The number of hydrogen-bond donors (Lipinski definition) is 2. The average Bonchev–Trinajstić information content (AvgIpc) is 2.68. The van der Waals surface area contributed by atoms with E-state index in [-0.39, 0.29) is 11.5 Å². The summed E-state index contributed by atoms with van der Waals surface area (Å²) in [6.07, 6.45) is 0.847. The molecule has 0 spiro atoms. The minimum atomic E-state index is -0.358. The molecule has 1 aromatic carbocycles. The second-order valence-corrected chi connectivity index (χ2v) is 5.09. The number of H-pyrrole nitrogens is 1. The first-order chi connectivity index (χ1) is 9.10. The fraction of sp³-hybridized carbons (Fsp3) is 0.333. The van der Waals surface area contributed by atoms with Gasteiger partial charge in [0.2, 0.25) is 0 Å². The van der Waals surface area contributed by atoms with E-state index in [2.05, 4.69) is 10.2 Å². The van der Waals surface area contributed by atoms with Gasteiger partial charge in [0, 0.05) is 18.0 Å². The highest BCUT2D eigenvalue weighted by Gasteiger charge is 2.08. The van der Waals surface area contributed by atoms with Gasteiger partial charge < -0.3 is 5.73 Å². The smallest absolute Gasteiger partial charge is 0.343 e. The molecule has 3 N–H and O–H groups in total. The van der Waals surface area contributed by atoms with Crippen molar-refractivity contribution in [2.75, 3.05) is 5.73 Å². The number of benzene rings is 1. The molecule has 0 aliphatic heterocycles. The van der Waals surface area contributed by atoms with E-state index in [4.69, 9.17) is 5.73 Å². The molecule has 1 aromatic heterocycles. The maximum absolute atomic E-state index is 13.2. The van der Waals surface area contributed by atoms with Gasteiger partial charge >= 0.3 is 5.69 Å². The molecule has 0 radical (unpaired) electrons.